The Labute approximate surface area is 174 Å². The van der Waals surface area contributed by atoms with Crippen molar-refractivity contribution in [3.05, 3.63) is 74.4 Å². The smallest absolute Gasteiger partial charge is 0.286 e. The molecule has 3 aromatic rings. The normalized spacial score (nSPS) is 10.7. The van der Waals surface area contributed by atoms with Crippen LogP contribution in [-0.4, -0.2) is 27.2 Å². The van der Waals surface area contributed by atoms with E-state index in [2.05, 4.69) is 26.3 Å². The van der Waals surface area contributed by atoms with Crippen LogP contribution in [0, 0.1) is 17.0 Å². The van der Waals surface area contributed by atoms with Crippen LogP contribution >= 0.6 is 15.9 Å². The van der Waals surface area contributed by atoms with Crippen molar-refractivity contribution in [2.75, 3.05) is 6.54 Å². The highest BCUT2D eigenvalue weighted by atomic mass is 79.9. The number of hydrogen-bond donors (Lipinski definition) is 1. The zero-order valence-corrected chi connectivity index (χ0v) is 17.2. The summed E-state index contributed by atoms with van der Waals surface area (Å²) in [6.07, 6.45) is 2.64. The van der Waals surface area contributed by atoms with E-state index in [1.165, 1.54) is 24.3 Å². The minimum atomic E-state index is -0.476. The molecule has 1 amide bonds. The zero-order valence-electron chi connectivity index (χ0n) is 15.6. The number of nitro benzene ring substituents is 1. The van der Waals surface area contributed by atoms with Crippen LogP contribution in [0.5, 0.6) is 5.75 Å². The second kappa shape index (κ2) is 9.37. The number of carbonyl (C=O) groups excluding carboxylic acids is 1. The van der Waals surface area contributed by atoms with Crippen molar-refractivity contribution >= 4 is 27.5 Å². The van der Waals surface area contributed by atoms with Gasteiger partial charge in [-0.15, -0.1) is 0 Å². The van der Waals surface area contributed by atoms with Crippen LogP contribution in [0.3, 0.4) is 0 Å². The maximum Gasteiger partial charge on any atom is 0.286 e. The van der Waals surface area contributed by atoms with Gasteiger partial charge in [-0.25, -0.2) is 0 Å². The van der Waals surface area contributed by atoms with Gasteiger partial charge in [0.25, 0.3) is 11.6 Å². The molecule has 0 fully saturated rings. The number of amides is 1. The summed E-state index contributed by atoms with van der Waals surface area (Å²) in [6, 6.07) is 8.98. The fraction of sp³-hybridized carbons (Fsp3) is 0.263. The maximum atomic E-state index is 12.2. The molecule has 3 rings (SSSR count). The lowest BCUT2D eigenvalue weighted by Gasteiger charge is -2.05. The lowest BCUT2D eigenvalue weighted by molar-refractivity contribution is -0.384. The van der Waals surface area contributed by atoms with E-state index in [9.17, 15) is 14.9 Å². The number of nitro groups is 1. The summed E-state index contributed by atoms with van der Waals surface area (Å²) in [4.78, 5) is 22.3. The molecule has 0 radical (unpaired) electrons. The quantitative estimate of drug-likeness (QED) is 0.293. The standard InChI is InChI=1S/C19H19BrN4O5/c1-13-17(20)11-23(22-13)10-2-9-21-19(25)18-8-7-16(29-18)12-28-15-5-3-14(4-6-15)24(26)27/h3-8,11H,2,9-10,12H2,1H3,(H,21,25). The molecule has 0 unspecified atom stereocenters. The summed E-state index contributed by atoms with van der Waals surface area (Å²) in [5.41, 5.74) is 0.915. The third-order valence-electron chi connectivity index (χ3n) is 4.05. The van der Waals surface area contributed by atoms with Crippen LogP contribution in [0.25, 0.3) is 0 Å². The molecule has 0 aliphatic rings. The summed E-state index contributed by atoms with van der Waals surface area (Å²) in [5, 5.41) is 17.8. The van der Waals surface area contributed by atoms with Crippen molar-refractivity contribution in [2.45, 2.75) is 26.5 Å². The number of non-ortho nitro benzene ring substituents is 1. The fourth-order valence-corrected chi connectivity index (χ4v) is 2.85. The van der Waals surface area contributed by atoms with Crippen molar-refractivity contribution in [1.82, 2.24) is 15.1 Å². The third kappa shape index (κ3) is 5.67. The van der Waals surface area contributed by atoms with E-state index in [0.717, 1.165) is 16.6 Å². The fourth-order valence-electron chi connectivity index (χ4n) is 2.53. The molecule has 0 atom stereocenters. The molecule has 0 aliphatic carbocycles. The molecule has 10 heteroatoms. The first-order valence-electron chi connectivity index (χ1n) is 8.86. The summed E-state index contributed by atoms with van der Waals surface area (Å²) >= 11 is 3.41. The molecule has 0 saturated heterocycles. The Hall–Kier alpha value is -3.14. The van der Waals surface area contributed by atoms with Gasteiger partial charge >= 0.3 is 0 Å². The van der Waals surface area contributed by atoms with Crippen LogP contribution in [0.2, 0.25) is 0 Å². The highest BCUT2D eigenvalue weighted by molar-refractivity contribution is 9.10. The average Bonchev–Trinajstić information content (AvgIpc) is 3.30. The van der Waals surface area contributed by atoms with Gasteiger partial charge in [-0.1, -0.05) is 0 Å². The summed E-state index contributed by atoms with van der Waals surface area (Å²) < 4.78 is 13.8. The summed E-state index contributed by atoms with van der Waals surface area (Å²) in [7, 11) is 0. The average molecular weight is 463 g/mol. The minimum absolute atomic E-state index is 0.00960. The molecule has 0 bridgehead atoms. The van der Waals surface area contributed by atoms with Crippen LogP contribution in [0.1, 0.15) is 28.4 Å². The van der Waals surface area contributed by atoms with E-state index in [4.69, 9.17) is 9.15 Å². The Bertz CT molecular complexity index is 977. The molecule has 2 heterocycles. The zero-order chi connectivity index (χ0) is 20.8. The molecule has 9 nitrogen and oxygen atoms in total. The van der Waals surface area contributed by atoms with Gasteiger partial charge in [0.15, 0.2) is 5.76 Å². The molecule has 152 valence electrons. The molecule has 1 aromatic carbocycles. The number of nitrogens with one attached hydrogen (secondary N) is 1. The highest BCUT2D eigenvalue weighted by Crippen LogP contribution is 2.19. The van der Waals surface area contributed by atoms with E-state index >= 15 is 0 Å². The number of hydrogen-bond acceptors (Lipinski definition) is 6. The van der Waals surface area contributed by atoms with E-state index in [-0.39, 0.29) is 24.0 Å². The number of ether oxygens (including phenoxy) is 1. The van der Waals surface area contributed by atoms with Gasteiger partial charge < -0.3 is 14.5 Å². The summed E-state index contributed by atoms with van der Waals surface area (Å²) in [6.45, 7) is 3.21. The Balaban J connectivity index is 1.42. The van der Waals surface area contributed by atoms with Crippen molar-refractivity contribution in [3.8, 4) is 5.75 Å². The number of carbonyl (C=O) groups is 1. The SMILES string of the molecule is Cc1nn(CCCNC(=O)c2ccc(COc3ccc([N+](=O)[O-])cc3)o2)cc1Br. The van der Waals surface area contributed by atoms with Gasteiger partial charge in [0.1, 0.15) is 18.1 Å². The first-order valence-corrected chi connectivity index (χ1v) is 9.65. The van der Waals surface area contributed by atoms with Crippen LogP contribution in [-0.2, 0) is 13.2 Å². The van der Waals surface area contributed by atoms with Gasteiger partial charge in [-0.2, -0.15) is 5.10 Å². The first-order chi connectivity index (χ1) is 13.9. The number of halogens is 1. The molecule has 0 spiro atoms. The van der Waals surface area contributed by atoms with Gasteiger partial charge in [0.2, 0.25) is 0 Å². The Kier molecular flexibility index (Phi) is 6.65. The predicted octanol–water partition coefficient (Wildman–Crippen LogP) is 3.85. The molecule has 2 aromatic heterocycles. The van der Waals surface area contributed by atoms with Crippen molar-refractivity contribution in [1.29, 1.82) is 0 Å². The number of nitrogens with zero attached hydrogens (tertiary/aromatic N) is 3. The molecule has 0 aliphatic heterocycles. The maximum absolute atomic E-state index is 12.2. The molecular weight excluding hydrogens is 444 g/mol. The van der Waals surface area contributed by atoms with E-state index in [0.29, 0.717) is 24.6 Å². The molecule has 1 N–H and O–H groups in total. The van der Waals surface area contributed by atoms with Gasteiger partial charge in [-0.05, 0) is 53.5 Å². The Morgan fingerprint density at radius 1 is 1.31 bits per heavy atom. The number of benzene rings is 1. The minimum Gasteiger partial charge on any atom is -0.486 e. The topological polar surface area (TPSA) is 112 Å². The van der Waals surface area contributed by atoms with E-state index in [1.807, 2.05) is 17.8 Å². The Morgan fingerprint density at radius 3 is 2.72 bits per heavy atom. The van der Waals surface area contributed by atoms with Gasteiger partial charge in [-0.3, -0.25) is 19.6 Å². The lowest BCUT2D eigenvalue weighted by atomic mass is 10.3. The van der Waals surface area contributed by atoms with Gasteiger partial charge in [0, 0.05) is 31.4 Å². The monoisotopic (exact) mass is 462 g/mol. The number of aromatic nitrogens is 2. The van der Waals surface area contributed by atoms with E-state index in [1.54, 1.807) is 12.1 Å². The van der Waals surface area contributed by atoms with E-state index < -0.39 is 4.92 Å². The van der Waals surface area contributed by atoms with Crippen molar-refractivity contribution in [2.24, 2.45) is 0 Å². The number of furan rings is 1. The molecule has 29 heavy (non-hydrogen) atoms. The summed E-state index contributed by atoms with van der Waals surface area (Å²) in [5.74, 6) is 0.846. The molecule has 0 saturated carbocycles. The highest BCUT2D eigenvalue weighted by Gasteiger charge is 2.12. The first kappa shape index (κ1) is 20.6. The van der Waals surface area contributed by atoms with Gasteiger partial charge in [0.05, 0.1) is 15.1 Å². The largest absolute Gasteiger partial charge is 0.486 e. The van der Waals surface area contributed by atoms with Crippen LogP contribution in [0.4, 0.5) is 5.69 Å². The molecular formula is C19H19BrN4O5. The van der Waals surface area contributed by atoms with Crippen LogP contribution < -0.4 is 10.1 Å². The predicted molar refractivity (Wildman–Crippen MR) is 108 cm³/mol. The third-order valence-corrected chi connectivity index (χ3v) is 4.83. The van der Waals surface area contributed by atoms with Crippen molar-refractivity contribution in [3.63, 3.8) is 0 Å². The second-order valence-corrected chi connectivity index (χ2v) is 7.09. The Morgan fingerprint density at radius 2 is 2.07 bits per heavy atom. The van der Waals surface area contributed by atoms with Crippen molar-refractivity contribution < 1.29 is 18.9 Å². The number of aryl methyl sites for hydroxylation is 2. The van der Waals surface area contributed by atoms with Crippen LogP contribution in [0.15, 0.2) is 51.5 Å². The number of rotatable bonds is 9. The second-order valence-electron chi connectivity index (χ2n) is 6.24. The lowest BCUT2D eigenvalue weighted by Crippen LogP contribution is -2.24.